The summed E-state index contributed by atoms with van der Waals surface area (Å²) in [5.41, 5.74) is 0. The van der Waals surface area contributed by atoms with Gasteiger partial charge in [-0.25, -0.2) is 0 Å². The van der Waals surface area contributed by atoms with Crippen LogP contribution in [0.3, 0.4) is 0 Å². The molecular weight excluding hydrogens is 192 g/mol. The second kappa shape index (κ2) is 3.56. The zero-order valence-corrected chi connectivity index (χ0v) is 9.04. The third-order valence-electron chi connectivity index (χ3n) is 4.25. The molecule has 0 bridgehead atoms. The Hall–Kier alpha value is -0.410. The van der Waals surface area contributed by atoms with Gasteiger partial charge < -0.3 is 9.47 Å². The first-order valence-corrected chi connectivity index (χ1v) is 6.07. The third kappa shape index (κ3) is 1.72. The molecule has 0 aromatic rings. The van der Waals surface area contributed by atoms with Crippen LogP contribution >= 0.6 is 0 Å². The zero-order chi connectivity index (χ0) is 10.3. The van der Waals surface area contributed by atoms with E-state index < -0.39 is 0 Å². The lowest BCUT2D eigenvalue weighted by Gasteiger charge is -2.25. The Labute approximate surface area is 90.1 Å². The Bertz CT molecular complexity index is 248. The first-order valence-electron chi connectivity index (χ1n) is 6.07. The van der Waals surface area contributed by atoms with Crippen LogP contribution in [0.5, 0.6) is 0 Å². The van der Waals surface area contributed by atoms with E-state index in [1.165, 1.54) is 0 Å². The number of carbonyl (C=O) groups excluding carboxylic acids is 1. The molecule has 0 radical (unpaired) electrons. The molecule has 0 unspecified atom stereocenters. The summed E-state index contributed by atoms with van der Waals surface area (Å²) in [5.74, 6) is 1.43. The molecule has 0 aromatic heterocycles. The summed E-state index contributed by atoms with van der Waals surface area (Å²) >= 11 is 0. The van der Waals surface area contributed by atoms with Gasteiger partial charge >= 0.3 is 0 Å². The molecule has 1 spiro atoms. The molecule has 2 atom stereocenters. The van der Waals surface area contributed by atoms with Crippen LogP contribution in [0.1, 0.15) is 38.5 Å². The predicted octanol–water partition coefficient (Wildman–Crippen LogP) is 1.90. The minimum atomic E-state index is -0.270. The molecule has 1 aliphatic heterocycles. The van der Waals surface area contributed by atoms with Gasteiger partial charge in [0.15, 0.2) is 5.79 Å². The van der Waals surface area contributed by atoms with Crippen LogP contribution in [0, 0.1) is 11.8 Å². The second-order valence-electron chi connectivity index (χ2n) is 5.15. The fourth-order valence-electron chi connectivity index (χ4n) is 3.40. The Morgan fingerprint density at radius 1 is 1.00 bits per heavy atom. The van der Waals surface area contributed by atoms with Crippen LogP contribution < -0.4 is 0 Å². The summed E-state index contributed by atoms with van der Waals surface area (Å²) in [4.78, 5) is 11.4. The molecule has 1 saturated heterocycles. The summed E-state index contributed by atoms with van der Waals surface area (Å²) in [7, 11) is 0. The molecular formula is C12H18O3. The molecule has 3 heteroatoms. The Morgan fingerprint density at radius 3 is 2.07 bits per heavy atom. The molecule has 3 rings (SSSR count). The lowest BCUT2D eigenvalue weighted by Crippen LogP contribution is -2.29. The molecule has 3 aliphatic rings. The third-order valence-corrected chi connectivity index (χ3v) is 4.25. The summed E-state index contributed by atoms with van der Waals surface area (Å²) in [6, 6.07) is 0. The van der Waals surface area contributed by atoms with Gasteiger partial charge in [-0.3, -0.25) is 4.79 Å². The van der Waals surface area contributed by atoms with Crippen LogP contribution in [0.15, 0.2) is 0 Å². The van der Waals surface area contributed by atoms with Crippen LogP contribution in [0.25, 0.3) is 0 Å². The van der Waals surface area contributed by atoms with Crippen molar-refractivity contribution < 1.29 is 14.3 Å². The van der Waals surface area contributed by atoms with E-state index in [4.69, 9.17) is 9.47 Å². The van der Waals surface area contributed by atoms with E-state index in [1.54, 1.807) is 0 Å². The van der Waals surface area contributed by atoms with E-state index in [2.05, 4.69) is 0 Å². The predicted molar refractivity (Wildman–Crippen MR) is 54.3 cm³/mol. The topological polar surface area (TPSA) is 35.5 Å². The van der Waals surface area contributed by atoms with E-state index in [0.29, 0.717) is 17.6 Å². The molecule has 2 saturated carbocycles. The van der Waals surface area contributed by atoms with Crippen LogP contribution in [0.4, 0.5) is 0 Å². The van der Waals surface area contributed by atoms with E-state index >= 15 is 0 Å². The molecule has 3 fully saturated rings. The maximum atomic E-state index is 11.4. The van der Waals surface area contributed by atoms with E-state index in [9.17, 15) is 4.79 Å². The minimum absolute atomic E-state index is 0.270. The van der Waals surface area contributed by atoms with E-state index in [1.807, 2.05) is 0 Å². The fraction of sp³-hybridized carbons (Fsp3) is 0.917. The highest BCUT2D eigenvalue weighted by molar-refractivity contribution is 5.81. The van der Waals surface area contributed by atoms with Crippen LogP contribution in [-0.2, 0) is 14.3 Å². The Kier molecular flexibility index (Phi) is 2.33. The summed E-state index contributed by atoms with van der Waals surface area (Å²) in [5, 5.41) is 0. The number of hydrogen-bond donors (Lipinski definition) is 0. The molecule has 0 amide bonds. The van der Waals surface area contributed by atoms with Gasteiger partial charge in [0.1, 0.15) is 5.78 Å². The highest BCUT2D eigenvalue weighted by Gasteiger charge is 2.43. The van der Waals surface area contributed by atoms with Gasteiger partial charge in [0.25, 0.3) is 0 Å². The number of rotatable bonds is 0. The normalized spacial score (nSPS) is 39.3. The first-order chi connectivity index (χ1) is 7.27. The number of ether oxygens (including phenoxy) is 2. The lowest BCUT2D eigenvalue weighted by atomic mass is 9.92. The molecule has 15 heavy (non-hydrogen) atoms. The van der Waals surface area contributed by atoms with Crippen LogP contribution in [-0.4, -0.2) is 24.8 Å². The SMILES string of the molecule is O=C1C[C@H]2CCC3(CC[C@H]2C1)OCCO3. The summed E-state index contributed by atoms with van der Waals surface area (Å²) < 4.78 is 11.5. The Balaban J connectivity index is 1.70. The zero-order valence-electron chi connectivity index (χ0n) is 9.04. The summed E-state index contributed by atoms with van der Waals surface area (Å²) in [6.07, 6.45) is 5.80. The maximum absolute atomic E-state index is 11.4. The van der Waals surface area contributed by atoms with Crippen molar-refractivity contribution in [2.45, 2.75) is 44.3 Å². The average Bonchev–Trinajstić information content (AvgIpc) is 2.76. The van der Waals surface area contributed by atoms with Gasteiger partial charge in [0.05, 0.1) is 13.2 Å². The van der Waals surface area contributed by atoms with Gasteiger partial charge in [-0.2, -0.15) is 0 Å². The monoisotopic (exact) mass is 210 g/mol. The van der Waals surface area contributed by atoms with Gasteiger partial charge in [0, 0.05) is 25.7 Å². The van der Waals surface area contributed by atoms with Crippen molar-refractivity contribution in [1.82, 2.24) is 0 Å². The molecule has 84 valence electrons. The van der Waals surface area contributed by atoms with Gasteiger partial charge in [-0.15, -0.1) is 0 Å². The van der Waals surface area contributed by atoms with Crippen molar-refractivity contribution in [2.75, 3.05) is 13.2 Å². The minimum Gasteiger partial charge on any atom is -0.348 e. The first kappa shape index (κ1) is 9.79. The van der Waals surface area contributed by atoms with Crippen molar-refractivity contribution in [1.29, 1.82) is 0 Å². The van der Waals surface area contributed by atoms with E-state index in [0.717, 1.165) is 51.7 Å². The smallest absolute Gasteiger partial charge is 0.168 e. The molecule has 0 N–H and O–H groups in total. The molecule has 0 aromatic carbocycles. The van der Waals surface area contributed by atoms with Gasteiger partial charge in [0.2, 0.25) is 0 Å². The quantitative estimate of drug-likeness (QED) is 0.612. The second-order valence-corrected chi connectivity index (χ2v) is 5.15. The maximum Gasteiger partial charge on any atom is 0.168 e. The van der Waals surface area contributed by atoms with Crippen LogP contribution in [0.2, 0.25) is 0 Å². The largest absolute Gasteiger partial charge is 0.348 e. The van der Waals surface area contributed by atoms with Crippen molar-refractivity contribution in [3.05, 3.63) is 0 Å². The number of ketones is 1. The highest BCUT2D eigenvalue weighted by atomic mass is 16.7. The number of Topliss-reactive ketones (excluding diaryl/α,β-unsaturated/α-hetero) is 1. The Morgan fingerprint density at radius 2 is 1.53 bits per heavy atom. The molecule has 3 nitrogen and oxygen atoms in total. The highest BCUT2D eigenvalue weighted by Crippen LogP contribution is 2.44. The van der Waals surface area contributed by atoms with Gasteiger partial charge in [-0.1, -0.05) is 0 Å². The standard InChI is InChI=1S/C12H18O3/c13-11-7-9-1-3-12(14-5-6-15-12)4-2-10(9)8-11/h9-10H,1-8H2/t9-,10+. The van der Waals surface area contributed by atoms with Crippen molar-refractivity contribution in [3.63, 3.8) is 0 Å². The number of carbonyl (C=O) groups is 1. The van der Waals surface area contributed by atoms with E-state index in [-0.39, 0.29) is 5.79 Å². The van der Waals surface area contributed by atoms with Gasteiger partial charge in [-0.05, 0) is 24.7 Å². The van der Waals surface area contributed by atoms with Crippen molar-refractivity contribution in [3.8, 4) is 0 Å². The number of fused-ring (bicyclic) bond motifs is 1. The molecule has 2 aliphatic carbocycles. The summed E-state index contributed by atoms with van der Waals surface area (Å²) in [6.45, 7) is 1.49. The number of hydrogen-bond acceptors (Lipinski definition) is 3. The van der Waals surface area contributed by atoms with Crippen molar-refractivity contribution >= 4 is 5.78 Å². The van der Waals surface area contributed by atoms with Crippen molar-refractivity contribution in [2.24, 2.45) is 11.8 Å². The average molecular weight is 210 g/mol. The molecule has 1 heterocycles. The lowest BCUT2D eigenvalue weighted by molar-refractivity contribution is -0.166. The fourth-order valence-corrected chi connectivity index (χ4v) is 3.40.